The summed E-state index contributed by atoms with van der Waals surface area (Å²) in [5.74, 6) is 0.240. The highest BCUT2D eigenvalue weighted by Gasteiger charge is 2.20. The number of aryl methyl sites for hydroxylation is 1. The Morgan fingerprint density at radius 3 is 2.85 bits per heavy atom. The molecule has 0 amide bonds. The fourth-order valence-electron chi connectivity index (χ4n) is 2.83. The quantitative estimate of drug-likeness (QED) is 0.436. The number of aliphatic hydroxyl groups is 2. The molecule has 2 rings (SSSR count). The maximum atomic E-state index is 12.3. The first-order chi connectivity index (χ1) is 12.5. The van der Waals surface area contributed by atoms with Gasteiger partial charge in [-0.2, -0.15) is 0 Å². The van der Waals surface area contributed by atoms with E-state index in [4.69, 9.17) is 14.6 Å². The van der Waals surface area contributed by atoms with Gasteiger partial charge in [0.05, 0.1) is 12.2 Å². The summed E-state index contributed by atoms with van der Waals surface area (Å²) in [6.07, 6.45) is -0.0137. The van der Waals surface area contributed by atoms with Gasteiger partial charge in [0.2, 0.25) is 0 Å². The predicted octanol–water partition coefficient (Wildman–Crippen LogP) is 1.38. The summed E-state index contributed by atoms with van der Waals surface area (Å²) in [6.45, 7) is 5.28. The monoisotopic (exact) mass is 364 g/mol. The molecule has 0 bridgehead atoms. The molecule has 1 aromatic heterocycles. The molecule has 7 heteroatoms. The number of nitrogens with zero attached hydrogens (tertiary/aromatic N) is 1. The molecule has 0 radical (unpaired) electrons. The van der Waals surface area contributed by atoms with Gasteiger partial charge in [-0.05, 0) is 45.0 Å². The Morgan fingerprint density at radius 2 is 2.15 bits per heavy atom. The lowest BCUT2D eigenvalue weighted by Crippen LogP contribution is -2.32. The van der Waals surface area contributed by atoms with Crippen LogP contribution in [0.4, 0.5) is 0 Å². The van der Waals surface area contributed by atoms with E-state index in [0.29, 0.717) is 37.4 Å². The van der Waals surface area contributed by atoms with E-state index in [1.54, 1.807) is 13.0 Å². The first-order valence-electron chi connectivity index (χ1n) is 8.88. The van der Waals surface area contributed by atoms with Gasteiger partial charge in [-0.1, -0.05) is 0 Å². The Labute approximate surface area is 153 Å². The Morgan fingerprint density at radius 1 is 1.38 bits per heavy atom. The number of aromatic nitrogens is 1. The summed E-state index contributed by atoms with van der Waals surface area (Å²) in [6, 6.07) is 5.52. The Balaban J connectivity index is 2.10. The molecule has 0 aliphatic carbocycles. The lowest BCUT2D eigenvalue weighted by molar-refractivity contribution is 0.0527. The smallest absolute Gasteiger partial charge is 0.340 e. The highest BCUT2D eigenvalue weighted by atomic mass is 16.5. The summed E-state index contributed by atoms with van der Waals surface area (Å²) in [5, 5.41) is 22.5. The van der Waals surface area contributed by atoms with E-state index in [1.165, 1.54) is 0 Å². The van der Waals surface area contributed by atoms with Crippen molar-refractivity contribution < 1.29 is 24.5 Å². The van der Waals surface area contributed by atoms with Gasteiger partial charge < -0.3 is 29.6 Å². The summed E-state index contributed by atoms with van der Waals surface area (Å²) in [7, 11) is 1.91. The van der Waals surface area contributed by atoms with Crippen molar-refractivity contribution in [2.75, 3.05) is 32.9 Å². The number of aliphatic hydroxyl groups excluding tert-OH is 2. The van der Waals surface area contributed by atoms with Crippen LogP contribution in [0.3, 0.4) is 0 Å². The minimum absolute atomic E-state index is 0.124. The second-order valence-corrected chi connectivity index (χ2v) is 6.16. The minimum atomic E-state index is -0.661. The van der Waals surface area contributed by atoms with E-state index < -0.39 is 6.10 Å². The molecule has 0 saturated carbocycles. The third kappa shape index (κ3) is 4.75. The Kier molecular flexibility index (Phi) is 7.44. The average Bonchev–Trinajstić information content (AvgIpc) is 2.87. The summed E-state index contributed by atoms with van der Waals surface area (Å²) >= 11 is 0. The van der Waals surface area contributed by atoms with Gasteiger partial charge in [-0.3, -0.25) is 0 Å². The standard InChI is InChI=1S/C19H28N2O5/c1-4-25-19(24)18-13(2)21(3)17-7-6-15(10-16(17)18)26-12-14(23)11-20-8-5-9-22/h6-7,10,14,20,22-23H,4-5,8-9,11-12H2,1-3H3/t14-/m0/s1. The molecule has 0 aliphatic heterocycles. The maximum absolute atomic E-state index is 12.3. The van der Waals surface area contributed by atoms with Crippen molar-refractivity contribution in [1.82, 2.24) is 9.88 Å². The lowest BCUT2D eigenvalue weighted by Gasteiger charge is -2.13. The maximum Gasteiger partial charge on any atom is 0.340 e. The summed E-state index contributed by atoms with van der Waals surface area (Å²) < 4.78 is 12.8. The topological polar surface area (TPSA) is 93.0 Å². The number of fused-ring (bicyclic) bond motifs is 1. The van der Waals surface area contributed by atoms with E-state index in [0.717, 1.165) is 16.6 Å². The number of esters is 1. The van der Waals surface area contributed by atoms with Crippen LogP contribution in [0.1, 0.15) is 29.4 Å². The van der Waals surface area contributed by atoms with Crippen LogP contribution in [0.25, 0.3) is 10.9 Å². The van der Waals surface area contributed by atoms with Gasteiger partial charge in [0.1, 0.15) is 18.5 Å². The number of ether oxygens (including phenoxy) is 2. The fourth-order valence-corrected chi connectivity index (χ4v) is 2.83. The van der Waals surface area contributed by atoms with Crippen molar-refractivity contribution >= 4 is 16.9 Å². The SMILES string of the molecule is CCOC(=O)c1c(C)n(C)c2ccc(OC[C@@H](O)CNCCCO)cc12. The van der Waals surface area contributed by atoms with E-state index in [-0.39, 0.29) is 19.2 Å². The molecule has 7 nitrogen and oxygen atoms in total. The van der Waals surface area contributed by atoms with Crippen LogP contribution in [0, 0.1) is 6.92 Å². The van der Waals surface area contributed by atoms with Crippen molar-refractivity contribution in [3.8, 4) is 5.75 Å². The van der Waals surface area contributed by atoms with E-state index in [9.17, 15) is 9.90 Å². The second kappa shape index (κ2) is 9.56. The molecular formula is C19H28N2O5. The number of rotatable bonds is 10. The number of hydrogen-bond donors (Lipinski definition) is 3. The molecule has 0 fully saturated rings. The van der Waals surface area contributed by atoms with Crippen LogP contribution in [0.2, 0.25) is 0 Å². The molecule has 1 aromatic carbocycles. The van der Waals surface area contributed by atoms with Crippen LogP contribution < -0.4 is 10.1 Å². The molecule has 0 spiro atoms. The molecule has 1 heterocycles. The minimum Gasteiger partial charge on any atom is -0.491 e. The number of nitrogens with one attached hydrogen (secondary N) is 1. The Bertz CT molecular complexity index is 741. The second-order valence-electron chi connectivity index (χ2n) is 6.16. The fraction of sp³-hybridized carbons (Fsp3) is 0.526. The average molecular weight is 364 g/mol. The first kappa shape index (κ1) is 20.2. The third-order valence-corrected chi connectivity index (χ3v) is 4.28. The van der Waals surface area contributed by atoms with Crippen molar-refractivity contribution in [3.05, 3.63) is 29.5 Å². The van der Waals surface area contributed by atoms with Crippen LogP contribution >= 0.6 is 0 Å². The number of carbonyl (C=O) groups excluding carboxylic acids is 1. The molecule has 0 aliphatic rings. The van der Waals surface area contributed by atoms with Crippen LogP contribution in [-0.4, -0.2) is 59.8 Å². The number of hydrogen-bond acceptors (Lipinski definition) is 6. The van der Waals surface area contributed by atoms with E-state index >= 15 is 0 Å². The van der Waals surface area contributed by atoms with Gasteiger partial charge in [0, 0.05) is 36.8 Å². The first-order valence-corrected chi connectivity index (χ1v) is 8.88. The van der Waals surface area contributed by atoms with Crippen molar-refractivity contribution in [1.29, 1.82) is 0 Å². The summed E-state index contributed by atoms with van der Waals surface area (Å²) in [5.41, 5.74) is 2.30. The Hall–Kier alpha value is -2.09. The highest BCUT2D eigenvalue weighted by Crippen LogP contribution is 2.29. The molecule has 0 saturated heterocycles. The molecule has 2 aromatic rings. The molecule has 0 unspecified atom stereocenters. The van der Waals surface area contributed by atoms with E-state index in [1.807, 2.05) is 30.7 Å². The van der Waals surface area contributed by atoms with E-state index in [2.05, 4.69) is 5.32 Å². The number of carbonyl (C=O) groups is 1. The molecule has 3 N–H and O–H groups in total. The lowest BCUT2D eigenvalue weighted by atomic mass is 10.1. The third-order valence-electron chi connectivity index (χ3n) is 4.28. The van der Waals surface area contributed by atoms with Gasteiger partial charge in [-0.25, -0.2) is 4.79 Å². The highest BCUT2D eigenvalue weighted by molar-refractivity contribution is 6.06. The van der Waals surface area contributed by atoms with Crippen molar-refractivity contribution in [3.63, 3.8) is 0 Å². The largest absolute Gasteiger partial charge is 0.491 e. The van der Waals surface area contributed by atoms with Gasteiger partial charge in [0.25, 0.3) is 0 Å². The zero-order valence-electron chi connectivity index (χ0n) is 15.6. The van der Waals surface area contributed by atoms with Crippen LogP contribution in [-0.2, 0) is 11.8 Å². The van der Waals surface area contributed by atoms with Gasteiger partial charge in [-0.15, -0.1) is 0 Å². The van der Waals surface area contributed by atoms with Crippen molar-refractivity contribution in [2.45, 2.75) is 26.4 Å². The normalized spacial score (nSPS) is 12.3. The molecule has 1 atom stereocenters. The molecule has 26 heavy (non-hydrogen) atoms. The molecular weight excluding hydrogens is 336 g/mol. The zero-order valence-corrected chi connectivity index (χ0v) is 15.6. The van der Waals surface area contributed by atoms with Crippen molar-refractivity contribution in [2.24, 2.45) is 7.05 Å². The van der Waals surface area contributed by atoms with Gasteiger partial charge >= 0.3 is 5.97 Å². The summed E-state index contributed by atoms with van der Waals surface area (Å²) in [4.78, 5) is 12.3. The zero-order chi connectivity index (χ0) is 19.1. The predicted molar refractivity (Wildman–Crippen MR) is 99.7 cm³/mol. The van der Waals surface area contributed by atoms with Crippen LogP contribution in [0.5, 0.6) is 5.75 Å². The van der Waals surface area contributed by atoms with Crippen LogP contribution in [0.15, 0.2) is 18.2 Å². The number of benzene rings is 1. The van der Waals surface area contributed by atoms with Gasteiger partial charge in [0.15, 0.2) is 0 Å². The molecule has 144 valence electrons.